The zero-order valence-corrected chi connectivity index (χ0v) is 20.1. The predicted octanol–water partition coefficient (Wildman–Crippen LogP) is 5.92. The van der Waals surface area contributed by atoms with E-state index in [9.17, 15) is 14.4 Å². The highest BCUT2D eigenvalue weighted by atomic mass is 35.5. The maximum atomic E-state index is 13.0. The van der Waals surface area contributed by atoms with Crippen molar-refractivity contribution in [2.24, 2.45) is 0 Å². The summed E-state index contributed by atoms with van der Waals surface area (Å²) >= 11 is 12.2. The number of carbonyl (C=O) groups is 3. The quantitative estimate of drug-likeness (QED) is 0.270. The van der Waals surface area contributed by atoms with Crippen molar-refractivity contribution in [1.82, 2.24) is 0 Å². The summed E-state index contributed by atoms with van der Waals surface area (Å²) in [5.74, 6) is -1.31. The Bertz CT molecular complexity index is 1360. The van der Waals surface area contributed by atoms with Crippen molar-refractivity contribution < 1.29 is 19.1 Å². The van der Waals surface area contributed by atoms with Crippen molar-refractivity contribution in [2.75, 3.05) is 10.2 Å². The number of nitrogens with zero attached hydrogens (tertiary/aromatic N) is 1. The minimum absolute atomic E-state index is 0.0282. The molecule has 0 fully saturated rings. The average Bonchev–Trinajstić information content (AvgIpc) is 3.01. The average molecular weight is 495 g/mol. The molecule has 0 bridgehead atoms. The number of halogens is 2. The molecule has 0 aliphatic carbocycles. The number of hydrogen-bond donors (Lipinski definition) is 1. The Labute approximate surface area is 206 Å². The van der Waals surface area contributed by atoms with Crippen molar-refractivity contribution in [1.29, 1.82) is 0 Å². The molecule has 4 rings (SSSR count). The Morgan fingerprint density at radius 2 is 1.56 bits per heavy atom. The zero-order chi connectivity index (χ0) is 24.6. The summed E-state index contributed by atoms with van der Waals surface area (Å²) in [5.41, 5.74) is 3.73. The molecule has 0 radical (unpaired) electrons. The van der Waals surface area contributed by atoms with E-state index in [1.165, 1.54) is 0 Å². The molecule has 1 N–H and O–H groups in total. The van der Waals surface area contributed by atoms with Crippen LogP contribution in [0.15, 0.2) is 71.4 Å². The van der Waals surface area contributed by atoms with Gasteiger partial charge < -0.3 is 10.1 Å². The summed E-state index contributed by atoms with van der Waals surface area (Å²) in [6.45, 7) is 5.51. The minimum Gasteiger partial charge on any atom is -0.423 e. The van der Waals surface area contributed by atoms with Crippen LogP contribution in [0.3, 0.4) is 0 Å². The van der Waals surface area contributed by atoms with Gasteiger partial charge in [-0.05, 0) is 86.0 Å². The Hall–Kier alpha value is -3.61. The molecule has 0 aromatic heterocycles. The summed E-state index contributed by atoms with van der Waals surface area (Å²) < 4.78 is 5.39. The summed E-state index contributed by atoms with van der Waals surface area (Å²) in [7, 11) is 0. The standard InChI is InChI=1S/C26H20Cl2N2O4/c1-14-4-5-15(2)21(12-14)30-24(31)22(28)23(25(30)32)29-18-8-6-17(7-9-18)26(33)34-19-10-11-20(27)16(3)13-19/h4-13,29H,1-3H3. The first kappa shape index (κ1) is 23.5. The van der Waals surface area contributed by atoms with Gasteiger partial charge in [0.15, 0.2) is 0 Å². The molecular formula is C26H20Cl2N2O4. The number of amides is 2. The first-order valence-corrected chi connectivity index (χ1v) is 11.1. The number of nitrogens with one attached hydrogen (secondary N) is 1. The van der Waals surface area contributed by atoms with Crippen LogP contribution in [0.5, 0.6) is 5.75 Å². The molecule has 3 aromatic carbocycles. The maximum absolute atomic E-state index is 13.0. The van der Waals surface area contributed by atoms with Crippen molar-refractivity contribution in [3.8, 4) is 5.75 Å². The van der Waals surface area contributed by atoms with E-state index >= 15 is 0 Å². The smallest absolute Gasteiger partial charge is 0.343 e. The molecule has 0 spiro atoms. The minimum atomic E-state index is -0.596. The molecule has 1 aliphatic rings. The second-order valence-electron chi connectivity index (χ2n) is 7.93. The summed E-state index contributed by atoms with van der Waals surface area (Å²) in [6.07, 6.45) is 0. The fourth-order valence-electron chi connectivity index (χ4n) is 3.47. The fourth-order valence-corrected chi connectivity index (χ4v) is 3.80. The SMILES string of the molecule is Cc1ccc(C)c(N2C(=O)C(Cl)=C(Nc3ccc(C(=O)Oc4ccc(Cl)c(C)c4)cc3)C2=O)c1. The van der Waals surface area contributed by atoms with Crippen LogP contribution in [0.2, 0.25) is 5.02 Å². The number of anilines is 2. The van der Waals surface area contributed by atoms with E-state index in [2.05, 4.69) is 5.32 Å². The van der Waals surface area contributed by atoms with Gasteiger partial charge in [-0.15, -0.1) is 0 Å². The number of imide groups is 1. The summed E-state index contributed by atoms with van der Waals surface area (Å²) in [6, 6.07) is 16.7. The van der Waals surface area contributed by atoms with Gasteiger partial charge in [0, 0.05) is 10.7 Å². The van der Waals surface area contributed by atoms with E-state index in [0.29, 0.717) is 27.7 Å². The molecule has 0 saturated heterocycles. The van der Waals surface area contributed by atoms with Gasteiger partial charge in [0.1, 0.15) is 16.5 Å². The molecule has 172 valence electrons. The molecule has 1 heterocycles. The third-order valence-electron chi connectivity index (χ3n) is 5.36. The lowest BCUT2D eigenvalue weighted by Crippen LogP contribution is -2.32. The van der Waals surface area contributed by atoms with Crippen LogP contribution in [0, 0.1) is 20.8 Å². The van der Waals surface area contributed by atoms with Gasteiger partial charge in [0.2, 0.25) is 0 Å². The molecular weight excluding hydrogens is 475 g/mol. The van der Waals surface area contributed by atoms with Gasteiger partial charge >= 0.3 is 5.97 Å². The number of ether oxygens (including phenoxy) is 1. The molecule has 1 aliphatic heterocycles. The number of aryl methyl sites for hydroxylation is 3. The van der Waals surface area contributed by atoms with Crippen LogP contribution < -0.4 is 15.0 Å². The third-order valence-corrected chi connectivity index (χ3v) is 6.14. The van der Waals surface area contributed by atoms with Gasteiger partial charge in [0.25, 0.3) is 11.8 Å². The highest BCUT2D eigenvalue weighted by Gasteiger charge is 2.39. The summed E-state index contributed by atoms with van der Waals surface area (Å²) in [5, 5.41) is 3.28. The van der Waals surface area contributed by atoms with E-state index in [1.807, 2.05) is 32.9 Å². The van der Waals surface area contributed by atoms with Crippen LogP contribution in [0.4, 0.5) is 11.4 Å². The van der Waals surface area contributed by atoms with Crippen molar-refractivity contribution in [3.05, 3.63) is 98.7 Å². The highest BCUT2D eigenvalue weighted by Crippen LogP contribution is 2.32. The van der Waals surface area contributed by atoms with Gasteiger partial charge in [-0.1, -0.05) is 35.3 Å². The van der Waals surface area contributed by atoms with E-state index in [0.717, 1.165) is 21.6 Å². The normalized spacial score (nSPS) is 13.5. The second-order valence-corrected chi connectivity index (χ2v) is 8.71. The topological polar surface area (TPSA) is 75.7 Å². The van der Waals surface area contributed by atoms with Crippen LogP contribution >= 0.6 is 23.2 Å². The third kappa shape index (κ3) is 4.55. The Kier molecular flexibility index (Phi) is 6.46. The molecule has 0 unspecified atom stereocenters. The van der Waals surface area contributed by atoms with Gasteiger partial charge in [0.05, 0.1) is 11.3 Å². The number of carbonyl (C=O) groups excluding carboxylic acids is 3. The van der Waals surface area contributed by atoms with E-state index < -0.39 is 17.8 Å². The molecule has 34 heavy (non-hydrogen) atoms. The van der Waals surface area contributed by atoms with E-state index in [-0.39, 0.29) is 10.7 Å². The fraction of sp³-hybridized carbons (Fsp3) is 0.115. The van der Waals surface area contributed by atoms with Crippen LogP contribution in [-0.4, -0.2) is 17.8 Å². The van der Waals surface area contributed by atoms with Gasteiger partial charge in [-0.3, -0.25) is 9.59 Å². The van der Waals surface area contributed by atoms with Gasteiger partial charge in [-0.2, -0.15) is 0 Å². The monoisotopic (exact) mass is 494 g/mol. The molecule has 8 heteroatoms. The van der Waals surface area contributed by atoms with Crippen LogP contribution in [-0.2, 0) is 9.59 Å². The molecule has 3 aromatic rings. The van der Waals surface area contributed by atoms with E-state index in [1.54, 1.807) is 48.5 Å². The number of hydrogen-bond acceptors (Lipinski definition) is 5. The molecule has 6 nitrogen and oxygen atoms in total. The number of benzene rings is 3. The molecule has 0 atom stereocenters. The second kappa shape index (κ2) is 9.33. The highest BCUT2D eigenvalue weighted by molar-refractivity contribution is 6.53. The van der Waals surface area contributed by atoms with Crippen LogP contribution in [0.25, 0.3) is 0 Å². The van der Waals surface area contributed by atoms with Gasteiger partial charge in [-0.25, -0.2) is 9.69 Å². The lowest BCUT2D eigenvalue weighted by Gasteiger charge is -2.18. The largest absolute Gasteiger partial charge is 0.423 e. The molecule has 0 saturated carbocycles. The van der Waals surface area contributed by atoms with Crippen LogP contribution in [0.1, 0.15) is 27.0 Å². The Morgan fingerprint density at radius 3 is 2.24 bits per heavy atom. The number of rotatable bonds is 5. The van der Waals surface area contributed by atoms with Crippen molar-refractivity contribution >= 4 is 52.4 Å². The Balaban J connectivity index is 1.50. The predicted molar refractivity (Wildman–Crippen MR) is 133 cm³/mol. The lowest BCUT2D eigenvalue weighted by atomic mass is 10.1. The Morgan fingerprint density at radius 1 is 0.853 bits per heavy atom. The number of esters is 1. The zero-order valence-electron chi connectivity index (χ0n) is 18.6. The lowest BCUT2D eigenvalue weighted by molar-refractivity contribution is -0.120. The van der Waals surface area contributed by atoms with Crippen molar-refractivity contribution in [3.63, 3.8) is 0 Å². The summed E-state index contributed by atoms with van der Waals surface area (Å²) in [4.78, 5) is 39.3. The van der Waals surface area contributed by atoms with Crippen molar-refractivity contribution in [2.45, 2.75) is 20.8 Å². The molecule has 2 amide bonds. The van der Waals surface area contributed by atoms with E-state index in [4.69, 9.17) is 27.9 Å². The maximum Gasteiger partial charge on any atom is 0.343 e. The first-order chi connectivity index (χ1) is 16.2. The first-order valence-electron chi connectivity index (χ1n) is 10.4.